The molecule has 0 amide bonds. The summed E-state index contributed by atoms with van der Waals surface area (Å²) in [5.41, 5.74) is 1.87. The average Bonchev–Trinajstić information content (AvgIpc) is 2.34. The van der Waals surface area contributed by atoms with Crippen molar-refractivity contribution in [1.82, 2.24) is 9.88 Å². The Bertz CT molecular complexity index is 516. The molecule has 0 aliphatic carbocycles. The van der Waals surface area contributed by atoms with Gasteiger partial charge in [-0.2, -0.15) is 0 Å². The molecule has 0 aliphatic rings. The molecule has 2 nitrogen and oxygen atoms in total. The summed E-state index contributed by atoms with van der Waals surface area (Å²) in [6, 6.07) is 9.10. The van der Waals surface area contributed by atoms with Crippen LogP contribution in [0.4, 0.5) is 4.39 Å². The van der Waals surface area contributed by atoms with Gasteiger partial charge in [-0.3, -0.25) is 9.88 Å². The molecule has 2 aromatic rings. The van der Waals surface area contributed by atoms with Crippen LogP contribution in [0, 0.1) is 5.82 Å². The first kappa shape index (κ1) is 13.2. The Morgan fingerprint density at radius 3 is 2.56 bits per heavy atom. The molecule has 0 atom stereocenters. The van der Waals surface area contributed by atoms with Crippen LogP contribution in [-0.2, 0) is 13.1 Å². The van der Waals surface area contributed by atoms with E-state index in [-0.39, 0.29) is 5.82 Å². The maximum Gasteiger partial charge on any atom is 0.128 e. The van der Waals surface area contributed by atoms with E-state index in [1.54, 1.807) is 12.4 Å². The largest absolute Gasteiger partial charge is 0.298 e. The molecule has 1 heterocycles. The molecule has 0 fully saturated rings. The molecule has 94 valence electrons. The zero-order valence-electron chi connectivity index (χ0n) is 10.1. The fourth-order valence-corrected chi connectivity index (χ4v) is 2.13. The third-order valence-electron chi connectivity index (χ3n) is 2.66. The van der Waals surface area contributed by atoms with Crippen LogP contribution in [0.15, 0.2) is 47.2 Å². The summed E-state index contributed by atoms with van der Waals surface area (Å²) >= 11 is 3.26. The van der Waals surface area contributed by atoms with Crippen molar-refractivity contribution < 1.29 is 4.39 Å². The van der Waals surface area contributed by atoms with Crippen LogP contribution >= 0.6 is 15.9 Å². The highest BCUT2D eigenvalue weighted by Gasteiger charge is 2.06. The molecule has 1 aromatic heterocycles. The fraction of sp³-hybridized carbons (Fsp3) is 0.214. The normalized spacial score (nSPS) is 10.9. The Labute approximate surface area is 115 Å². The molecular formula is C14H14BrFN2. The molecule has 18 heavy (non-hydrogen) atoms. The van der Waals surface area contributed by atoms with E-state index in [4.69, 9.17) is 0 Å². The van der Waals surface area contributed by atoms with Gasteiger partial charge in [-0.05, 0) is 36.9 Å². The van der Waals surface area contributed by atoms with Gasteiger partial charge in [0.15, 0.2) is 0 Å². The van der Waals surface area contributed by atoms with E-state index < -0.39 is 0 Å². The monoisotopic (exact) mass is 308 g/mol. The molecule has 0 saturated heterocycles. The average molecular weight is 309 g/mol. The van der Waals surface area contributed by atoms with Gasteiger partial charge in [-0.15, -0.1) is 0 Å². The maximum absolute atomic E-state index is 13.7. The fourth-order valence-electron chi connectivity index (χ4n) is 1.80. The lowest BCUT2D eigenvalue weighted by molar-refractivity contribution is 0.313. The van der Waals surface area contributed by atoms with Gasteiger partial charge < -0.3 is 0 Å². The number of pyridine rings is 1. The van der Waals surface area contributed by atoms with Crippen molar-refractivity contribution in [3.8, 4) is 0 Å². The Morgan fingerprint density at radius 1 is 1.17 bits per heavy atom. The van der Waals surface area contributed by atoms with Crippen molar-refractivity contribution in [2.24, 2.45) is 0 Å². The molecular weight excluding hydrogens is 295 g/mol. The van der Waals surface area contributed by atoms with Crippen molar-refractivity contribution in [2.75, 3.05) is 7.05 Å². The minimum atomic E-state index is -0.175. The van der Waals surface area contributed by atoms with Gasteiger partial charge in [-0.1, -0.05) is 22.0 Å². The highest BCUT2D eigenvalue weighted by molar-refractivity contribution is 9.10. The molecule has 0 spiro atoms. The highest BCUT2D eigenvalue weighted by atomic mass is 79.9. The van der Waals surface area contributed by atoms with Gasteiger partial charge in [0.1, 0.15) is 5.82 Å². The van der Waals surface area contributed by atoms with Crippen molar-refractivity contribution >= 4 is 15.9 Å². The van der Waals surface area contributed by atoms with Crippen molar-refractivity contribution in [1.29, 1.82) is 0 Å². The summed E-state index contributed by atoms with van der Waals surface area (Å²) in [5, 5.41) is 0. The lowest BCUT2D eigenvalue weighted by Gasteiger charge is -2.17. The third-order valence-corrected chi connectivity index (χ3v) is 3.15. The standard InChI is InChI=1S/C14H14BrFN2/c1-18(9-11-4-6-17-7-5-11)10-12-2-3-13(15)8-14(12)16/h2-8H,9-10H2,1H3. The lowest BCUT2D eigenvalue weighted by atomic mass is 10.2. The first-order chi connectivity index (χ1) is 8.65. The molecule has 0 N–H and O–H groups in total. The number of halogens is 2. The van der Waals surface area contributed by atoms with Crippen LogP contribution in [0.5, 0.6) is 0 Å². The second kappa shape index (κ2) is 6.07. The van der Waals surface area contributed by atoms with Crippen LogP contribution in [0.3, 0.4) is 0 Å². The van der Waals surface area contributed by atoms with Crippen molar-refractivity contribution in [2.45, 2.75) is 13.1 Å². The molecule has 2 rings (SSSR count). The van der Waals surface area contributed by atoms with Crippen LogP contribution in [0.25, 0.3) is 0 Å². The molecule has 4 heteroatoms. The van der Waals surface area contributed by atoms with E-state index in [2.05, 4.69) is 25.8 Å². The van der Waals surface area contributed by atoms with Gasteiger partial charge in [0.05, 0.1) is 0 Å². The van der Waals surface area contributed by atoms with Gasteiger partial charge in [0.2, 0.25) is 0 Å². The maximum atomic E-state index is 13.7. The Balaban J connectivity index is 2.01. The molecule has 0 unspecified atom stereocenters. The zero-order chi connectivity index (χ0) is 13.0. The summed E-state index contributed by atoms with van der Waals surface area (Å²) in [7, 11) is 1.97. The number of aromatic nitrogens is 1. The minimum absolute atomic E-state index is 0.175. The van der Waals surface area contributed by atoms with E-state index >= 15 is 0 Å². The van der Waals surface area contributed by atoms with Gasteiger partial charge in [0, 0.05) is 35.5 Å². The van der Waals surface area contributed by atoms with E-state index in [1.165, 1.54) is 11.6 Å². The summed E-state index contributed by atoms with van der Waals surface area (Å²) in [6.07, 6.45) is 3.53. The van der Waals surface area contributed by atoms with E-state index in [9.17, 15) is 4.39 Å². The second-order valence-corrected chi connectivity index (χ2v) is 5.18. The summed E-state index contributed by atoms with van der Waals surface area (Å²) < 4.78 is 14.4. The second-order valence-electron chi connectivity index (χ2n) is 4.26. The van der Waals surface area contributed by atoms with E-state index in [1.807, 2.05) is 31.3 Å². The topological polar surface area (TPSA) is 16.1 Å². The molecule has 0 saturated carbocycles. The molecule has 0 radical (unpaired) electrons. The SMILES string of the molecule is CN(Cc1ccncc1)Cc1ccc(Br)cc1F. The van der Waals surface area contributed by atoms with Gasteiger partial charge >= 0.3 is 0 Å². The lowest BCUT2D eigenvalue weighted by Crippen LogP contribution is -2.18. The predicted molar refractivity (Wildman–Crippen MR) is 73.5 cm³/mol. The Morgan fingerprint density at radius 2 is 1.89 bits per heavy atom. The smallest absolute Gasteiger partial charge is 0.128 e. The first-order valence-electron chi connectivity index (χ1n) is 5.66. The first-order valence-corrected chi connectivity index (χ1v) is 6.46. The number of rotatable bonds is 4. The van der Waals surface area contributed by atoms with Gasteiger partial charge in [0.25, 0.3) is 0 Å². The number of nitrogens with zero attached hydrogens (tertiary/aromatic N) is 2. The molecule has 1 aromatic carbocycles. The third kappa shape index (κ3) is 3.62. The van der Waals surface area contributed by atoms with Crippen molar-refractivity contribution in [3.05, 3.63) is 64.1 Å². The quantitative estimate of drug-likeness (QED) is 0.857. The summed E-state index contributed by atoms with van der Waals surface area (Å²) in [5.74, 6) is -0.175. The van der Waals surface area contributed by atoms with Crippen molar-refractivity contribution in [3.63, 3.8) is 0 Å². The Hall–Kier alpha value is -1.26. The van der Waals surface area contributed by atoms with E-state index in [0.29, 0.717) is 12.1 Å². The molecule has 0 aliphatic heterocycles. The van der Waals surface area contributed by atoms with Crippen LogP contribution < -0.4 is 0 Å². The van der Waals surface area contributed by atoms with Crippen LogP contribution in [0.1, 0.15) is 11.1 Å². The van der Waals surface area contributed by atoms with Gasteiger partial charge in [-0.25, -0.2) is 4.39 Å². The predicted octanol–water partition coefficient (Wildman–Crippen LogP) is 3.62. The Kier molecular flexibility index (Phi) is 4.44. The zero-order valence-corrected chi connectivity index (χ0v) is 11.7. The van der Waals surface area contributed by atoms with Crippen LogP contribution in [-0.4, -0.2) is 16.9 Å². The van der Waals surface area contributed by atoms with E-state index in [0.717, 1.165) is 11.0 Å². The summed E-state index contributed by atoms with van der Waals surface area (Å²) in [6.45, 7) is 1.36. The number of hydrogen-bond donors (Lipinski definition) is 0. The van der Waals surface area contributed by atoms with Crippen LogP contribution in [0.2, 0.25) is 0 Å². The minimum Gasteiger partial charge on any atom is -0.298 e. The highest BCUT2D eigenvalue weighted by Crippen LogP contribution is 2.17. The molecule has 0 bridgehead atoms. The number of hydrogen-bond acceptors (Lipinski definition) is 2. The number of benzene rings is 1. The summed E-state index contributed by atoms with van der Waals surface area (Å²) in [4.78, 5) is 6.05.